The van der Waals surface area contributed by atoms with E-state index in [0.717, 1.165) is 17.4 Å². The molecule has 0 spiro atoms. The largest absolute Gasteiger partial charge is 0.418 e. The number of benzene rings is 1. The summed E-state index contributed by atoms with van der Waals surface area (Å²) in [7, 11) is 0. The SMILES string of the molecule is CCC(C)Sc1ccc(NC(=O)CCC(=O)c2ccc(C)s2)c(C(F)(F)F)c1. The number of amides is 1. The van der Waals surface area contributed by atoms with Gasteiger partial charge in [0.25, 0.3) is 0 Å². The molecule has 1 heterocycles. The predicted octanol–water partition coefficient (Wildman–Crippen LogP) is 6.57. The van der Waals surface area contributed by atoms with E-state index in [4.69, 9.17) is 0 Å². The van der Waals surface area contributed by atoms with Crippen LogP contribution in [-0.4, -0.2) is 16.9 Å². The van der Waals surface area contributed by atoms with Crippen molar-refractivity contribution in [2.45, 2.75) is 56.4 Å². The van der Waals surface area contributed by atoms with Gasteiger partial charge < -0.3 is 5.32 Å². The van der Waals surface area contributed by atoms with Crippen LogP contribution < -0.4 is 5.32 Å². The lowest BCUT2D eigenvalue weighted by Gasteiger charge is -2.16. The first-order valence-corrected chi connectivity index (χ1v) is 10.6. The number of aryl methyl sites for hydroxylation is 1. The lowest BCUT2D eigenvalue weighted by atomic mass is 10.1. The molecule has 0 bridgehead atoms. The summed E-state index contributed by atoms with van der Waals surface area (Å²) in [4.78, 5) is 26.2. The minimum Gasteiger partial charge on any atom is -0.325 e. The lowest BCUT2D eigenvalue weighted by molar-refractivity contribution is -0.137. The van der Waals surface area contributed by atoms with Gasteiger partial charge in [0, 0.05) is 27.9 Å². The molecule has 0 aliphatic rings. The second-order valence-corrected chi connectivity index (χ2v) is 9.22. The van der Waals surface area contributed by atoms with E-state index in [2.05, 4.69) is 5.32 Å². The highest BCUT2D eigenvalue weighted by Gasteiger charge is 2.34. The predicted molar refractivity (Wildman–Crippen MR) is 108 cm³/mol. The summed E-state index contributed by atoms with van der Waals surface area (Å²) in [5, 5.41) is 2.49. The van der Waals surface area contributed by atoms with Crippen LogP contribution in [0.1, 0.15) is 53.2 Å². The zero-order chi connectivity index (χ0) is 20.9. The van der Waals surface area contributed by atoms with E-state index in [1.54, 1.807) is 12.1 Å². The summed E-state index contributed by atoms with van der Waals surface area (Å²) < 4.78 is 40.3. The van der Waals surface area contributed by atoms with Crippen LogP contribution in [0.2, 0.25) is 0 Å². The molecule has 1 aromatic carbocycles. The number of ketones is 1. The second kappa shape index (κ2) is 9.60. The van der Waals surface area contributed by atoms with Gasteiger partial charge in [0.1, 0.15) is 0 Å². The topological polar surface area (TPSA) is 46.2 Å². The number of hydrogen-bond acceptors (Lipinski definition) is 4. The van der Waals surface area contributed by atoms with E-state index in [0.29, 0.717) is 9.77 Å². The Bertz CT molecular complexity index is 846. The van der Waals surface area contributed by atoms with Gasteiger partial charge in [-0.25, -0.2) is 0 Å². The van der Waals surface area contributed by atoms with Gasteiger partial charge in [0.2, 0.25) is 5.91 Å². The number of thioether (sulfide) groups is 1. The fraction of sp³-hybridized carbons (Fsp3) is 0.400. The monoisotopic (exact) mass is 429 g/mol. The summed E-state index contributed by atoms with van der Waals surface area (Å²) in [6, 6.07) is 7.41. The summed E-state index contributed by atoms with van der Waals surface area (Å²) in [5.74, 6) is -0.806. The molecule has 1 atom stereocenters. The number of carbonyl (C=O) groups excluding carboxylic acids is 2. The molecule has 3 nitrogen and oxygen atoms in total. The van der Waals surface area contributed by atoms with E-state index in [9.17, 15) is 22.8 Å². The molecule has 1 amide bonds. The molecule has 0 radical (unpaired) electrons. The summed E-state index contributed by atoms with van der Waals surface area (Å²) in [6.07, 6.45) is -3.97. The Morgan fingerprint density at radius 2 is 1.89 bits per heavy atom. The number of alkyl halides is 3. The molecule has 1 N–H and O–H groups in total. The van der Waals surface area contributed by atoms with E-state index in [1.807, 2.05) is 26.8 Å². The van der Waals surface area contributed by atoms with Crippen LogP contribution in [0.25, 0.3) is 0 Å². The Morgan fingerprint density at radius 3 is 2.46 bits per heavy atom. The minimum atomic E-state index is -4.58. The Morgan fingerprint density at radius 1 is 1.18 bits per heavy atom. The maximum absolute atomic E-state index is 13.4. The van der Waals surface area contributed by atoms with Crippen LogP contribution >= 0.6 is 23.1 Å². The molecule has 0 saturated carbocycles. The van der Waals surface area contributed by atoms with Crippen LogP contribution in [-0.2, 0) is 11.0 Å². The van der Waals surface area contributed by atoms with Crippen molar-refractivity contribution in [2.24, 2.45) is 0 Å². The first kappa shape index (κ1) is 22.5. The average Bonchev–Trinajstić information content (AvgIpc) is 3.06. The molecular formula is C20H22F3NO2S2. The van der Waals surface area contributed by atoms with Crippen molar-refractivity contribution in [2.75, 3.05) is 5.32 Å². The van der Waals surface area contributed by atoms with Crippen molar-refractivity contribution in [1.82, 2.24) is 0 Å². The van der Waals surface area contributed by atoms with Crippen molar-refractivity contribution in [3.8, 4) is 0 Å². The molecule has 2 aromatic rings. The molecule has 2 rings (SSSR count). The third-order valence-corrected chi connectivity index (χ3v) is 6.38. The van der Waals surface area contributed by atoms with E-state index < -0.39 is 17.6 Å². The van der Waals surface area contributed by atoms with E-state index >= 15 is 0 Å². The van der Waals surface area contributed by atoms with Crippen LogP contribution in [0.3, 0.4) is 0 Å². The van der Waals surface area contributed by atoms with Crippen molar-refractivity contribution in [3.63, 3.8) is 0 Å². The van der Waals surface area contributed by atoms with Gasteiger partial charge in [-0.05, 0) is 43.7 Å². The molecular weight excluding hydrogens is 407 g/mol. The van der Waals surface area contributed by atoms with Crippen molar-refractivity contribution in [3.05, 3.63) is 45.6 Å². The molecule has 0 aliphatic carbocycles. The highest BCUT2D eigenvalue weighted by atomic mass is 32.2. The van der Waals surface area contributed by atoms with Gasteiger partial charge in [0.05, 0.1) is 16.1 Å². The zero-order valence-corrected chi connectivity index (χ0v) is 17.5. The van der Waals surface area contributed by atoms with E-state index in [-0.39, 0.29) is 29.6 Å². The molecule has 0 saturated heterocycles. The average molecular weight is 430 g/mol. The van der Waals surface area contributed by atoms with Gasteiger partial charge in [-0.1, -0.05) is 13.8 Å². The van der Waals surface area contributed by atoms with Crippen molar-refractivity contribution >= 4 is 40.5 Å². The second-order valence-electron chi connectivity index (χ2n) is 6.42. The first-order chi connectivity index (χ1) is 13.1. The van der Waals surface area contributed by atoms with Crippen molar-refractivity contribution in [1.29, 1.82) is 0 Å². The maximum Gasteiger partial charge on any atom is 0.418 e. The fourth-order valence-electron chi connectivity index (χ4n) is 2.40. The molecule has 1 unspecified atom stereocenters. The Kier molecular flexibility index (Phi) is 7.71. The number of halogens is 3. The quantitative estimate of drug-likeness (QED) is 0.381. The van der Waals surface area contributed by atoms with Gasteiger partial charge in [0.15, 0.2) is 5.78 Å². The molecule has 28 heavy (non-hydrogen) atoms. The standard InChI is InChI=1S/C20H22F3NO2S2/c1-4-12(2)27-14-6-7-16(15(11-14)20(21,22)23)24-19(26)10-8-17(25)18-9-5-13(3)28-18/h5-7,9,11-12H,4,8,10H2,1-3H3,(H,24,26). The first-order valence-electron chi connectivity index (χ1n) is 8.87. The van der Waals surface area contributed by atoms with Gasteiger partial charge in [-0.15, -0.1) is 23.1 Å². The maximum atomic E-state index is 13.4. The van der Waals surface area contributed by atoms with Crippen LogP contribution in [0, 0.1) is 6.92 Å². The third-order valence-electron chi connectivity index (χ3n) is 4.08. The van der Waals surface area contributed by atoms with Crippen LogP contribution in [0.15, 0.2) is 35.2 Å². The van der Waals surface area contributed by atoms with Crippen LogP contribution in [0.4, 0.5) is 18.9 Å². The third kappa shape index (κ3) is 6.38. The van der Waals surface area contributed by atoms with E-state index in [1.165, 1.54) is 29.2 Å². The highest BCUT2D eigenvalue weighted by Crippen LogP contribution is 2.38. The normalized spacial score (nSPS) is 12.6. The molecule has 8 heteroatoms. The smallest absolute Gasteiger partial charge is 0.325 e. The lowest BCUT2D eigenvalue weighted by Crippen LogP contribution is -2.17. The summed E-state index contributed by atoms with van der Waals surface area (Å²) in [6.45, 7) is 5.78. The Balaban J connectivity index is 2.07. The fourth-order valence-corrected chi connectivity index (χ4v) is 4.20. The summed E-state index contributed by atoms with van der Waals surface area (Å²) in [5.41, 5.74) is -1.17. The Labute approximate surface area is 170 Å². The number of thiophene rings is 1. The molecule has 0 fully saturated rings. The Hall–Kier alpha value is -1.80. The molecule has 0 aliphatic heterocycles. The number of nitrogens with one attached hydrogen (secondary N) is 1. The highest BCUT2D eigenvalue weighted by molar-refractivity contribution is 7.99. The molecule has 152 valence electrons. The van der Waals surface area contributed by atoms with Gasteiger partial charge in [-0.3, -0.25) is 9.59 Å². The number of rotatable bonds is 8. The van der Waals surface area contributed by atoms with Gasteiger partial charge >= 0.3 is 6.18 Å². The summed E-state index contributed by atoms with van der Waals surface area (Å²) >= 11 is 2.69. The number of hydrogen-bond donors (Lipinski definition) is 1. The van der Waals surface area contributed by atoms with Crippen LogP contribution in [0.5, 0.6) is 0 Å². The number of anilines is 1. The van der Waals surface area contributed by atoms with Crippen molar-refractivity contribution < 1.29 is 22.8 Å². The number of carbonyl (C=O) groups is 2. The minimum absolute atomic E-state index is 0.0465. The molecule has 1 aromatic heterocycles. The number of Topliss-reactive ketones (excluding diaryl/α,β-unsaturated/α-hetero) is 1. The van der Waals surface area contributed by atoms with Gasteiger partial charge in [-0.2, -0.15) is 13.2 Å². The zero-order valence-electron chi connectivity index (χ0n) is 15.9.